The maximum absolute atomic E-state index is 12.7. The fourth-order valence-corrected chi connectivity index (χ4v) is 4.33. The molecule has 2 rings (SSSR count). The highest BCUT2D eigenvalue weighted by Crippen LogP contribution is 2.38. The van der Waals surface area contributed by atoms with Gasteiger partial charge in [0.25, 0.3) is 0 Å². The van der Waals surface area contributed by atoms with Crippen LogP contribution in [-0.4, -0.2) is 30.4 Å². The van der Waals surface area contributed by atoms with Crippen LogP contribution in [-0.2, 0) is 15.9 Å². The highest BCUT2D eigenvalue weighted by atomic mass is 35.5. The Balaban J connectivity index is 2.32. The van der Waals surface area contributed by atoms with E-state index in [4.69, 9.17) is 11.6 Å². The quantitative estimate of drug-likeness (QED) is 0.690. The van der Waals surface area contributed by atoms with Crippen molar-refractivity contribution in [3.05, 3.63) is 18.0 Å². The van der Waals surface area contributed by atoms with E-state index >= 15 is 0 Å². The third-order valence-corrected chi connectivity index (χ3v) is 5.71. The smallest absolute Gasteiger partial charge is 0.244 e. The van der Waals surface area contributed by atoms with Gasteiger partial charge in [-0.3, -0.25) is 0 Å². The Morgan fingerprint density at radius 1 is 1.30 bits per heavy atom. The summed E-state index contributed by atoms with van der Waals surface area (Å²) in [6, 6.07) is 2.18. The maximum Gasteiger partial charge on any atom is 0.244 e. The van der Waals surface area contributed by atoms with Gasteiger partial charge in [0.15, 0.2) is 0 Å². The lowest BCUT2D eigenvalue weighted by Gasteiger charge is -2.20. The number of aromatic nitrogens is 1. The molecule has 0 bridgehead atoms. The summed E-state index contributed by atoms with van der Waals surface area (Å²) in [5.74, 6) is 0.355. The number of hydrogen-bond donors (Lipinski definition) is 0. The van der Waals surface area contributed by atoms with Gasteiger partial charge < -0.3 is 4.57 Å². The molecule has 0 aromatic carbocycles. The number of halogens is 1. The van der Waals surface area contributed by atoms with E-state index in [-0.39, 0.29) is 0 Å². The Morgan fingerprint density at radius 3 is 2.35 bits per heavy atom. The molecule has 4 nitrogen and oxygen atoms in total. The Bertz CT molecular complexity index is 544. The zero-order chi connectivity index (χ0) is 14.8. The molecule has 1 saturated carbocycles. The largest absolute Gasteiger partial charge is 0.346 e. The van der Waals surface area contributed by atoms with Gasteiger partial charge in [-0.25, -0.2) is 8.42 Å². The van der Waals surface area contributed by atoms with Crippen LogP contribution in [0.15, 0.2) is 17.2 Å². The molecule has 114 valence electrons. The summed E-state index contributed by atoms with van der Waals surface area (Å²) in [5.41, 5.74) is 0.903. The van der Waals surface area contributed by atoms with Gasteiger partial charge in [0.2, 0.25) is 10.0 Å². The summed E-state index contributed by atoms with van der Waals surface area (Å²) in [7, 11) is -3.39. The van der Waals surface area contributed by atoms with Crippen LogP contribution in [0.1, 0.15) is 51.3 Å². The van der Waals surface area contributed by atoms with Crippen LogP contribution < -0.4 is 0 Å². The van der Waals surface area contributed by atoms with Gasteiger partial charge in [-0.15, -0.1) is 11.6 Å². The second kappa shape index (κ2) is 6.50. The van der Waals surface area contributed by atoms with Crippen LogP contribution >= 0.6 is 11.6 Å². The predicted molar refractivity (Wildman–Crippen MR) is 81.6 cm³/mol. The molecule has 0 atom stereocenters. The van der Waals surface area contributed by atoms with Gasteiger partial charge in [-0.1, -0.05) is 13.8 Å². The number of rotatable bonds is 8. The predicted octanol–water partition coefficient (Wildman–Crippen LogP) is 3.37. The molecular formula is C14H23ClN2O2S. The summed E-state index contributed by atoms with van der Waals surface area (Å²) in [6.45, 7) is 5.14. The second-order valence-corrected chi connectivity index (χ2v) is 7.55. The zero-order valence-electron chi connectivity index (χ0n) is 12.2. The van der Waals surface area contributed by atoms with Crippen LogP contribution in [0.5, 0.6) is 0 Å². The molecule has 0 spiro atoms. The summed E-state index contributed by atoms with van der Waals surface area (Å²) in [5, 5.41) is 0. The van der Waals surface area contributed by atoms with Gasteiger partial charge in [0.05, 0.1) is 5.88 Å². The Hall–Kier alpha value is -0.520. The fraction of sp³-hybridized carbons (Fsp3) is 0.714. The van der Waals surface area contributed by atoms with Gasteiger partial charge in [-0.2, -0.15) is 4.31 Å². The molecule has 6 heteroatoms. The van der Waals surface area contributed by atoms with Crippen LogP contribution in [0.3, 0.4) is 0 Å². The van der Waals surface area contributed by atoms with Gasteiger partial charge in [0.1, 0.15) is 4.90 Å². The Kier molecular flexibility index (Phi) is 5.15. The molecule has 1 aliphatic carbocycles. The fourth-order valence-electron chi connectivity index (χ4n) is 2.44. The Morgan fingerprint density at radius 2 is 1.90 bits per heavy atom. The molecule has 1 aromatic heterocycles. The summed E-state index contributed by atoms with van der Waals surface area (Å²) in [6.07, 6.45) is 5.65. The number of alkyl halides is 1. The minimum absolute atomic E-state index is 0.355. The van der Waals surface area contributed by atoms with Gasteiger partial charge in [0, 0.05) is 31.0 Å². The van der Waals surface area contributed by atoms with Crippen molar-refractivity contribution in [2.24, 2.45) is 0 Å². The van der Waals surface area contributed by atoms with Crippen molar-refractivity contribution in [1.82, 2.24) is 8.87 Å². The maximum atomic E-state index is 12.7. The Labute approximate surface area is 126 Å². The molecule has 20 heavy (non-hydrogen) atoms. The molecule has 1 fully saturated rings. The van der Waals surface area contributed by atoms with Crippen molar-refractivity contribution in [3.8, 4) is 0 Å². The number of nitrogens with zero attached hydrogens (tertiary/aromatic N) is 2. The van der Waals surface area contributed by atoms with E-state index < -0.39 is 10.0 Å². The lowest BCUT2D eigenvalue weighted by atomic mass is 10.4. The third kappa shape index (κ3) is 3.21. The van der Waals surface area contributed by atoms with E-state index in [1.165, 1.54) is 0 Å². The molecule has 0 aliphatic heterocycles. The molecule has 0 N–H and O–H groups in total. The van der Waals surface area contributed by atoms with Crippen molar-refractivity contribution in [1.29, 1.82) is 0 Å². The number of hydrogen-bond acceptors (Lipinski definition) is 2. The van der Waals surface area contributed by atoms with Crippen molar-refractivity contribution in [2.75, 3.05) is 13.1 Å². The summed E-state index contributed by atoms with van der Waals surface area (Å²) in [4.78, 5) is 0.391. The highest BCUT2D eigenvalue weighted by Gasteiger charge is 2.30. The van der Waals surface area contributed by atoms with Gasteiger partial charge in [-0.05, 0) is 31.7 Å². The zero-order valence-corrected chi connectivity index (χ0v) is 13.8. The number of sulfonamides is 1. The van der Waals surface area contributed by atoms with E-state index in [2.05, 4.69) is 0 Å². The van der Waals surface area contributed by atoms with E-state index in [0.29, 0.717) is 29.9 Å². The third-order valence-electron chi connectivity index (χ3n) is 3.57. The van der Waals surface area contributed by atoms with Crippen LogP contribution in [0, 0.1) is 0 Å². The van der Waals surface area contributed by atoms with E-state index in [1.54, 1.807) is 16.6 Å². The van der Waals surface area contributed by atoms with Crippen LogP contribution in [0.2, 0.25) is 0 Å². The average molecular weight is 319 g/mol. The van der Waals surface area contributed by atoms with E-state index in [0.717, 1.165) is 31.4 Å². The standard InChI is InChI=1S/C14H23ClN2O2S/c1-3-7-16(8-4-2)20(18,19)14-9-13(10-15)17(11-14)12-5-6-12/h9,11-12H,3-8,10H2,1-2H3. The second-order valence-electron chi connectivity index (χ2n) is 5.34. The van der Waals surface area contributed by atoms with Gasteiger partial charge >= 0.3 is 0 Å². The first-order chi connectivity index (χ1) is 9.54. The average Bonchev–Trinajstić information content (AvgIpc) is 3.17. The molecule has 0 unspecified atom stereocenters. The SMILES string of the molecule is CCCN(CCC)S(=O)(=O)c1cc(CCl)n(C2CC2)c1. The molecule has 0 radical (unpaired) electrons. The van der Waals surface area contributed by atoms with Crippen LogP contribution in [0.4, 0.5) is 0 Å². The van der Waals surface area contributed by atoms with Crippen molar-refractivity contribution in [2.45, 2.75) is 56.3 Å². The van der Waals surface area contributed by atoms with Crippen molar-refractivity contribution < 1.29 is 8.42 Å². The molecule has 1 aromatic rings. The first-order valence-electron chi connectivity index (χ1n) is 7.31. The summed E-state index contributed by atoms with van der Waals surface area (Å²) >= 11 is 5.94. The lowest BCUT2D eigenvalue weighted by Crippen LogP contribution is -2.32. The molecule has 0 amide bonds. The molecular weight excluding hydrogens is 296 g/mol. The first-order valence-corrected chi connectivity index (χ1v) is 9.28. The first kappa shape index (κ1) is 15.9. The monoisotopic (exact) mass is 318 g/mol. The van der Waals surface area contributed by atoms with Crippen molar-refractivity contribution in [3.63, 3.8) is 0 Å². The normalized spacial score (nSPS) is 16.0. The van der Waals surface area contributed by atoms with Crippen molar-refractivity contribution >= 4 is 21.6 Å². The lowest BCUT2D eigenvalue weighted by molar-refractivity contribution is 0.410. The minimum Gasteiger partial charge on any atom is -0.346 e. The van der Waals surface area contributed by atoms with E-state index in [9.17, 15) is 8.42 Å². The molecule has 0 saturated heterocycles. The molecule has 1 aliphatic rings. The minimum atomic E-state index is -3.39. The van der Waals surface area contributed by atoms with Crippen LogP contribution in [0.25, 0.3) is 0 Å². The highest BCUT2D eigenvalue weighted by molar-refractivity contribution is 7.89. The topological polar surface area (TPSA) is 42.3 Å². The summed E-state index contributed by atoms with van der Waals surface area (Å²) < 4.78 is 29.0. The molecule has 1 heterocycles. The van der Waals surface area contributed by atoms with E-state index in [1.807, 2.05) is 18.4 Å².